The Balaban J connectivity index is 2.53. The smallest absolute Gasteiger partial charge is 0.319 e. The van der Waals surface area contributed by atoms with Crippen LogP contribution in [0.3, 0.4) is 0 Å². The molecule has 1 aromatic heterocycles. The van der Waals surface area contributed by atoms with E-state index in [1.54, 1.807) is 24.9 Å². The number of hydrogen-bond acceptors (Lipinski definition) is 6. The van der Waals surface area contributed by atoms with E-state index in [4.69, 9.17) is 4.74 Å². The number of aromatic nitrogens is 3. The summed E-state index contributed by atoms with van der Waals surface area (Å²) in [7, 11) is 0. The first-order chi connectivity index (χ1) is 11.5. The van der Waals surface area contributed by atoms with Gasteiger partial charge in [0.05, 0.1) is 6.20 Å². The zero-order valence-corrected chi connectivity index (χ0v) is 15.8. The van der Waals surface area contributed by atoms with E-state index in [1.165, 1.54) is 11.8 Å². The lowest BCUT2D eigenvalue weighted by atomic mass is 10.2. The van der Waals surface area contributed by atoms with Crippen LogP contribution in [0.2, 0.25) is 0 Å². The van der Waals surface area contributed by atoms with Crippen LogP contribution in [0.4, 0.5) is 0 Å². The molecule has 0 bridgehead atoms. The molecule has 8 heteroatoms. The van der Waals surface area contributed by atoms with Gasteiger partial charge >= 0.3 is 5.97 Å². The molecule has 0 saturated heterocycles. The number of carbonyl (C=O) groups is 2. The van der Waals surface area contributed by atoms with Gasteiger partial charge in [-0.15, -0.1) is 5.10 Å². The Morgan fingerprint density at radius 3 is 2.38 bits per heavy atom. The third-order valence-corrected chi connectivity index (χ3v) is 4.52. The number of carbonyl (C=O) groups excluding carboxylic acids is 2. The first-order valence-corrected chi connectivity index (χ1v) is 9.39. The van der Waals surface area contributed by atoms with Crippen LogP contribution in [-0.2, 0) is 14.3 Å². The average Bonchev–Trinajstić information content (AvgIpc) is 3.07. The van der Waals surface area contributed by atoms with Gasteiger partial charge in [0, 0.05) is 13.1 Å². The largest absolute Gasteiger partial charge is 0.452 e. The zero-order chi connectivity index (χ0) is 17.9. The van der Waals surface area contributed by atoms with Crippen LogP contribution in [0, 0.1) is 0 Å². The van der Waals surface area contributed by atoms with Crippen LogP contribution in [-0.4, -0.2) is 56.6 Å². The normalized spacial score (nSPS) is 13.3. The highest BCUT2D eigenvalue weighted by Crippen LogP contribution is 2.21. The fourth-order valence-corrected chi connectivity index (χ4v) is 2.81. The van der Waals surface area contributed by atoms with E-state index in [2.05, 4.69) is 29.3 Å². The van der Waals surface area contributed by atoms with Crippen LogP contribution in [0.1, 0.15) is 53.4 Å². The molecule has 1 N–H and O–H groups in total. The standard InChI is InChI=1S/C16H28N4O3S/c1-5-7-9-20(10-8-6-2)15(21)12(3)23-16(22)13(4)24-14-11-17-19-18-14/h11-13H,5-10H2,1-4H3,(H,17,18,19). The SMILES string of the molecule is CCCCN(CCCC)C(=O)C(C)OC(=O)C(C)Sc1cn[nH]n1. The number of rotatable bonds is 11. The summed E-state index contributed by atoms with van der Waals surface area (Å²) in [4.78, 5) is 26.5. The molecule has 0 radical (unpaired) electrons. The van der Waals surface area contributed by atoms with Gasteiger partial charge < -0.3 is 9.64 Å². The maximum Gasteiger partial charge on any atom is 0.319 e. The number of esters is 1. The Labute approximate surface area is 147 Å². The van der Waals surface area contributed by atoms with E-state index in [0.29, 0.717) is 18.1 Å². The van der Waals surface area contributed by atoms with Crippen molar-refractivity contribution in [3.8, 4) is 0 Å². The van der Waals surface area contributed by atoms with Gasteiger partial charge in [-0.3, -0.25) is 9.59 Å². The summed E-state index contributed by atoms with van der Waals surface area (Å²) in [5.41, 5.74) is 0. The molecular formula is C16H28N4O3S. The summed E-state index contributed by atoms with van der Waals surface area (Å²) in [5, 5.41) is 10.2. The minimum Gasteiger partial charge on any atom is -0.452 e. The van der Waals surface area contributed by atoms with Crippen molar-refractivity contribution < 1.29 is 14.3 Å². The predicted octanol–water partition coefficient (Wildman–Crippen LogP) is 2.65. The van der Waals surface area contributed by atoms with Gasteiger partial charge in [0.15, 0.2) is 6.10 Å². The monoisotopic (exact) mass is 356 g/mol. The van der Waals surface area contributed by atoms with Crippen molar-refractivity contribution >= 4 is 23.6 Å². The topological polar surface area (TPSA) is 88.2 Å². The molecule has 24 heavy (non-hydrogen) atoms. The number of aromatic amines is 1. The highest BCUT2D eigenvalue weighted by Gasteiger charge is 2.26. The van der Waals surface area contributed by atoms with Crippen molar-refractivity contribution in [1.29, 1.82) is 0 Å². The Morgan fingerprint density at radius 1 is 1.25 bits per heavy atom. The second kappa shape index (κ2) is 11.1. The first kappa shape index (κ1) is 20.5. The van der Waals surface area contributed by atoms with E-state index in [1.807, 2.05) is 0 Å². The number of H-pyrrole nitrogens is 1. The molecule has 1 aromatic rings. The lowest BCUT2D eigenvalue weighted by molar-refractivity contribution is -0.158. The molecule has 1 rings (SSSR count). The molecule has 2 atom stereocenters. The third-order valence-electron chi connectivity index (χ3n) is 3.54. The molecule has 1 heterocycles. The summed E-state index contributed by atoms with van der Waals surface area (Å²) in [5.74, 6) is -0.543. The lowest BCUT2D eigenvalue weighted by Gasteiger charge is -2.26. The van der Waals surface area contributed by atoms with E-state index in [0.717, 1.165) is 25.7 Å². The molecular weight excluding hydrogens is 328 g/mol. The fraction of sp³-hybridized carbons (Fsp3) is 0.750. The van der Waals surface area contributed by atoms with Crippen molar-refractivity contribution in [2.45, 2.75) is 69.8 Å². The Kier molecular flexibility index (Phi) is 9.44. The van der Waals surface area contributed by atoms with Crippen LogP contribution >= 0.6 is 11.8 Å². The van der Waals surface area contributed by atoms with E-state index in [-0.39, 0.29) is 5.91 Å². The minimum atomic E-state index is -0.772. The Hall–Kier alpha value is -1.57. The van der Waals surface area contributed by atoms with Crippen molar-refractivity contribution in [3.05, 3.63) is 6.20 Å². The molecule has 0 spiro atoms. The molecule has 1 amide bonds. The molecule has 0 fully saturated rings. The number of hydrogen-bond donors (Lipinski definition) is 1. The molecule has 0 aliphatic heterocycles. The number of unbranched alkanes of at least 4 members (excludes halogenated alkanes) is 2. The van der Waals surface area contributed by atoms with Gasteiger partial charge in [0.25, 0.3) is 5.91 Å². The highest BCUT2D eigenvalue weighted by atomic mass is 32.2. The second-order valence-electron chi connectivity index (χ2n) is 5.68. The maximum absolute atomic E-state index is 12.5. The van der Waals surface area contributed by atoms with Crippen LogP contribution in [0.15, 0.2) is 11.2 Å². The van der Waals surface area contributed by atoms with Crippen LogP contribution in [0.25, 0.3) is 0 Å². The van der Waals surface area contributed by atoms with Crippen molar-refractivity contribution in [2.75, 3.05) is 13.1 Å². The number of nitrogens with one attached hydrogen (secondary N) is 1. The summed E-state index contributed by atoms with van der Waals surface area (Å²) in [6.45, 7) is 8.97. The van der Waals surface area contributed by atoms with Crippen LogP contribution in [0.5, 0.6) is 0 Å². The van der Waals surface area contributed by atoms with Crippen LogP contribution < -0.4 is 0 Å². The average molecular weight is 356 g/mol. The molecule has 0 aliphatic rings. The van der Waals surface area contributed by atoms with Gasteiger partial charge in [0.2, 0.25) is 0 Å². The van der Waals surface area contributed by atoms with Gasteiger partial charge in [-0.1, -0.05) is 38.5 Å². The highest BCUT2D eigenvalue weighted by molar-refractivity contribution is 8.00. The fourth-order valence-electron chi connectivity index (χ4n) is 2.08. The van der Waals surface area contributed by atoms with E-state index < -0.39 is 17.3 Å². The number of ether oxygens (including phenoxy) is 1. The molecule has 0 saturated carbocycles. The Morgan fingerprint density at radius 2 is 1.88 bits per heavy atom. The molecule has 7 nitrogen and oxygen atoms in total. The Bertz CT molecular complexity index is 488. The van der Waals surface area contributed by atoms with E-state index in [9.17, 15) is 9.59 Å². The zero-order valence-electron chi connectivity index (χ0n) is 14.9. The van der Waals surface area contributed by atoms with Crippen molar-refractivity contribution in [2.24, 2.45) is 0 Å². The third kappa shape index (κ3) is 6.90. The van der Waals surface area contributed by atoms with E-state index >= 15 is 0 Å². The minimum absolute atomic E-state index is 0.121. The number of amides is 1. The van der Waals surface area contributed by atoms with Gasteiger partial charge in [-0.2, -0.15) is 10.3 Å². The number of thioether (sulfide) groups is 1. The summed E-state index contributed by atoms with van der Waals surface area (Å²) in [6, 6.07) is 0. The molecule has 136 valence electrons. The number of nitrogens with zero attached hydrogens (tertiary/aromatic N) is 3. The predicted molar refractivity (Wildman–Crippen MR) is 93.7 cm³/mol. The van der Waals surface area contributed by atoms with Gasteiger partial charge in [0.1, 0.15) is 10.3 Å². The van der Waals surface area contributed by atoms with Gasteiger partial charge in [-0.05, 0) is 26.7 Å². The van der Waals surface area contributed by atoms with Gasteiger partial charge in [-0.25, -0.2) is 0 Å². The summed E-state index contributed by atoms with van der Waals surface area (Å²) in [6.07, 6.45) is 4.72. The molecule has 2 unspecified atom stereocenters. The second-order valence-corrected chi connectivity index (χ2v) is 7.04. The summed E-state index contributed by atoms with van der Waals surface area (Å²) < 4.78 is 5.35. The molecule has 0 aliphatic carbocycles. The molecule has 0 aromatic carbocycles. The maximum atomic E-state index is 12.5. The van der Waals surface area contributed by atoms with Crippen molar-refractivity contribution in [1.82, 2.24) is 20.3 Å². The van der Waals surface area contributed by atoms with Crippen molar-refractivity contribution in [3.63, 3.8) is 0 Å². The lowest BCUT2D eigenvalue weighted by Crippen LogP contribution is -2.41. The quantitative estimate of drug-likeness (QED) is 0.484. The summed E-state index contributed by atoms with van der Waals surface area (Å²) >= 11 is 1.24. The first-order valence-electron chi connectivity index (χ1n) is 8.51.